The molecule has 1 fully saturated rings. The van der Waals surface area contributed by atoms with Crippen LogP contribution in [0.4, 0.5) is 11.8 Å². The summed E-state index contributed by atoms with van der Waals surface area (Å²) in [6, 6.07) is 11.6. The van der Waals surface area contributed by atoms with Crippen LogP contribution in [0.15, 0.2) is 42.5 Å². The quantitative estimate of drug-likeness (QED) is 0.618. The Bertz CT molecular complexity index is 1150. The number of nitrogens with zero attached hydrogens (tertiary/aromatic N) is 4. The summed E-state index contributed by atoms with van der Waals surface area (Å²) in [7, 11) is 3.16. The number of amides is 1. The van der Waals surface area contributed by atoms with Gasteiger partial charge in [-0.1, -0.05) is 29.8 Å². The van der Waals surface area contributed by atoms with Crippen LogP contribution in [0.3, 0.4) is 0 Å². The van der Waals surface area contributed by atoms with E-state index in [0.717, 1.165) is 5.56 Å². The second-order valence-electron chi connectivity index (χ2n) is 7.69. The molecule has 1 saturated heterocycles. The van der Waals surface area contributed by atoms with Crippen LogP contribution < -0.4 is 20.1 Å². The number of methoxy groups -OCH3 is 2. The highest BCUT2D eigenvalue weighted by Crippen LogP contribution is 2.34. The second-order valence-corrected chi connectivity index (χ2v) is 7.69. The molecule has 2 aromatic carbocycles. The van der Waals surface area contributed by atoms with Crippen molar-refractivity contribution in [3.63, 3.8) is 0 Å². The van der Waals surface area contributed by atoms with E-state index in [1.54, 1.807) is 32.4 Å². The van der Waals surface area contributed by atoms with E-state index in [1.807, 2.05) is 47.1 Å². The molecule has 0 saturated carbocycles. The molecule has 3 aromatic rings. The van der Waals surface area contributed by atoms with Gasteiger partial charge in [0.05, 0.1) is 19.7 Å². The maximum atomic E-state index is 12.6. The van der Waals surface area contributed by atoms with Gasteiger partial charge in [-0.15, -0.1) is 0 Å². The predicted octanol–water partition coefficient (Wildman–Crippen LogP) is 2.90. The summed E-state index contributed by atoms with van der Waals surface area (Å²) in [6.45, 7) is 4.47. The first-order valence-corrected chi connectivity index (χ1v) is 10.5. The average Bonchev–Trinajstić information content (AvgIpc) is 2.82. The van der Waals surface area contributed by atoms with Gasteiger partial charge in [-0.2, -0.15) is 4.98 Å². The van der Waals surface area contributed by atoms with Crippen molar-refractivity contribution in [1.29, 1.82) is 0 Å². The molecule has 2 heterocycles. The number of aromatic nitrogens is 2. The van der Waals surface area contributed by atoms with Crippen LogP contribution in [-0.2, 0) is 4.79 Å². The molecule has 8 heteroatoms. The Labute approximate surface area is 187 Å². The van der Waals surface area contributed by atoms with Crippen LogP contribution in [0.1, 0.15) is 11.1 Å². The first-order chi connectivity index (χ1) is 15.5. The van der Waals surface area contributed by atoms with E-state index >= 15 is 0 Å². The lowest BCUT2D eigenvalue weighted by Crippen LogP contribution is -2.48. The smallest absolute Gasteiger partial charge is 0.246 e. The van der Waals surface area contributed by atoms with Gasteiger partial charge in [0, 0.05) is 43.7 Å². The van der Waals surface area contributed by atoms with Gasteiger partial charge in [-0.25, -0.2) is 4.98 Å². The van der Waals surface area contributed by atoms with E-state index < -0.39 is 0 Å². The van der Waals surface area contributed by atoms with Crippen LogP contribution in [-0.4, -0.2) is 61.2 Å². The molecule has 0 radical (unpaired) electrons. The lowest BCUT2D eigenvalue weighted by Gasteiger charge is -2.34. The molecule has 8 nitrogen and oxygen atoms in total. The standard InChI is InChI=1S/C24H27N5O3/c1-16-4-6-17(7-5-16)8-9-22(30)28-10-12-29(13-11-28)24-26-19-15-21(32-3)20(31-2)14-18(19)23(25)27-24/h4-9,14-15H,10-13H2,1-3H3,(H2,25,26,27)/b9-8+. The molecule has 1 aliphatic rings. The monoisotopic (exact) mass is 433 g/mol. The van der Waals surface area contributed by atoms with E-state index in [9.17, 15) is 4.79 Å². The largest absolute Gasteiger partial charge is 0.493 e. The molecule has 1 aromatic heterocycles. The van der Waals surface area contributed by atoms with Crippen molar-refractivity contribution in [2.24, 2.45) is 0 Å². The lowest BCUT2D eigenvalue weighted by atomic mass is 10.1. The summed E-state index contributed by atoms with van der Waals surface area (Å²) in [4.78, 5) is 25.6. The molecular weight excluding hydrogens is 406 g/mol. The molecule has 1 aliphatic heterocycles. The van der Waals surface area contributed by atoms with Gasteiger partial charge in [0.2, 0.25) is 11.9 Å². The Morgan fingerprint density at radius 2 is 1.66 bits per heavy atom. The maximum absolute atomic E-state index is 12.6. The van der Waals surface area contributed by atoms with Crippen LogP contribution >= 0.6 is 0 Å². The Morgan fingerprint density at radius 3 is 2.31 bits per heavy atom. The van der Waals surface area contributed by atoms with Crippen molar-refractivity contribution < 1.29 is 14.3 Å². The van der Waals surface area contributed by atoms with Crippen LogP contribution in [0.2, 0.25) is 0 Å². The third-order valence-corrected chi connectivity index (χ3v) is 5.59. The van der Waals surface area contributed by atoms with Crippen LogP contribution in [0.25, 0.3) is 17.0 Å². The van der Waals surface area contributed by atoms with E-state index in [-0.39, 0.29) is 5.91 Å². The predicted molar refractivity (Wildman–Crippen MR) is 126 cm³/mol. The Morgan fingerprint density at radius 1 is 1.00 bits per heavy atom. The van der Waals surface area contributed by atoms with Crippen molar-refractivity contribution in [1.82, 2.24) is 14.9 Å². The summed E-state index contributed by atoms with van der Waals surface area (Å²) in [5.41, 5.74) is 9.10. The van der Waals surface area contributed by atoms with Crippen molar-refractivity contribution in [3.8, 4) is 11.5 Å². The SMILES string of the molecule is COc1cc2nc(N3CCN(C(=O)/C=C/c4ccc(C)cc4)CC3)nc(N)c2cc1OC. The number of rotatable bonds is 5. The summed E-state index contributed by atoms with van der Waals surface area (Å²) in [6.07, 6.45) is 3.48. The van der Waals surface area contributed by atoms with E-state index in [1.165, 1.54) is 5.56 Å². The second kappa shape index (κ2) is 9.13. The van der Waals surface area contributed by atoms with Gasteiger partial charge in [-0.05, 0) is 24.6 Å². The molecule has 0 spiro atoms. The van der Waals surface area contributed by atoms with E-state index in [0.29, 0.717) is 60.3 Å². The first-order valence-electron chi connectivity index (χ1n) is 10.5. The normalized spacial score (nSPS) is 14.2. The zero-order valence-electron chi connectivity index (χ0n) is 18.5. The number of nitrogen functional groups attached to an aromatic ring is 1. The zero-order chi connectivity index (χ0) is 22.7. The number of benzene rings is 2. The minimum absolute atomic E-state index is 0.000926. The van der Waals surface area contributed by atoms with Gasteiger partial charge in [0.15, 0.2) is 11.5 Å². The minimum atomic E-state index is 0.000926. The highest BCUT2D eigenvalue weighted by molar-refractivity contribution is 5.92. The summed E-state index contributed by atoms with van der Waals surface area (Å²) in [5.74, 6) is 2.09. The summed E-state index contributed by atoms with van der Waals surface area (Å²) < 4.78 is 10.7. The fourth-order valence-electron chi connectivity index (χ4n) is 3.69. The number of anilines is 2. The molecule has 1 amide bonds. The highest BCUT2D eigenvalue weighted by Gasteiger charge is 2.22. The van der Waals surface area contributed by atoms with Crippen LogP contribution in [0, 0.1) is 6.92 Å². The summed E-state index contributed by atoms with van der Waals surface area (Å²) in [5, 5.41) is 0.710. The first kappa shape index (κ1) is 21.4. The van der Waals surface area contributed by atoms with Gasteiger partial charge in [-0.3, -0.25) is 4.79 Å². The number of fused-ring (bicyclic) bond motifs is 1. The third kappa shape index (κ3) is 4.44. The number of carbonyl (C=O) groups is 1. The molecule has 2 N–H and O–H groups in total. The van der Waals surface area contributed by atoms with Crippen molar-refractivity contribution in [2.45, 2.75) is 6.92 Å². The number of ether oxygens (including phenoxy) is 2. The zero-order valence-corrected chi connectivity index (χ0v) is 18.5. The van der Waals surface area contributed by atoms with Crippen molar-refractivity contribution in [3.05, 3.63) is 53.6 Å². The average molecular weight is 434 g/mol. The molecule has 32 heavy (non-hydrogen) atoms. The Kier molecular flexibility index (Phi) is 6.11. The Hall–Kier alpha value is -3.81. The fraction of sp³-hybridized carbons (Fsp3) is 0.292. The molecule has 166 valence electrons. The number of aryl methyl sites for hydroxylation is 1. The number of piperazine rings is 1. The molecule has 0 bridgehead atoms. The molecule has 0 unspecified atom stereocenters. The Balaban J connectivity index is 1.45. The van der Waals surface area contributed by atoms with Crippen molar-refractivity contribution >= 4 is 34.7 Å². The van der Waals surface area contributed by atoms with Gasteiger partial charge < -0.3 is 25.0 Å². The third-order valence-electron chi connectivity index (χ3n) is 5.59. The lowest BCUT2D eigenvalue weighted by molar-refractivity contribution is -0.126. The topological polar surface area (TPSA) is 93.8 Å². The minimum Gasteiger partial charge on any atom is -0.493 e. The van der Waals surface area contributed by atoms with Crippen molar-refractivity contribution in [2.75, 3.05) is 51.0 Å². The summed E-state index contributed by atoms with van der Waals surface area (Å²) >= 11 is 0. The van der Waals surface area contributed by atoms with Gasteiger partial charge in [0.1, 0.15) is 5.82 Å². The van der Waals surface area contributed by atoms with Gasteiger partial charge in [0.25, 0.3) is 0 Å². The molecule has 4 rings (SSSR count). The van der Waals surface area contributed by atoms with E-state index in [2.05, 4.69) is 9.97 Å². The fourth-order valence-corrected chi connectivity index (χ4v) is 3.69. The van der Waals surface area contributed by atoms with Crippen LogP contribution in [0.5, 0.6) is 11.5 Å². The molecule has 0 atom stereocenters. The molecule has 0 aliphatic carbocycles. The number of nitrogens with two attached hydrogens (primary N) is 1. The number of carbonyl (C=O) groups excluding carboxylic acids is 1. The van der Waals surface area contributed by atoms with E-state index in [4.69, 9.17) is 15.2 Å². The number of hydrogen-bond donors (Lipinski definition) is 1. The highest BCUT2D eigenvalue weighted by atomic mass is 16.5. The molecular formula is C24H27N5O3. The van der Waals surface area contributed by atoms with Gasteiger partial charge >= 0.3 is 0 Å². The maximum Gasteiger partial charge on any atom is 0.246 e. The number of hydrogen-bond acceptors (Lipinski definition) is 7.